The van der Waals surface area contributed by atoms with Crippen LogP contribution in [-0.2, 0) is 17.8 Å². The minimum Gasteiger partial charge on any atom is -0.497 e. The standard InChI is InChI=1S/C26H22ClN5O3/c1-35-19-12-10-18(11-13-19)28-24(33)15-14-23-29-30-26-31(16-17-6-2-4-8-21(17)27)25(34)20-7-3-5-9-22(20)32(23)26/h2-13H,14-16H2,1H3,(H,28,33). The molecule has 8 nitrogen and oxygen atoms in total. The number of fused-ring (bicyclic) bond motifs is 3. The van der Waals surface area contributed by atoms with Crippen LogP contribution in [-0.4, -0.2) is 32.2 Å². The second-order valence-corrected chi connectivity index (χ2v) is 8.44. The third-order valence-electron chi connectivity index (χ3n) is 5.81. The number of para-hydroxylation sites is 1. The number of rotatable bonds is 7. The molecule has 2 aromatic heterocycles. The highest BCUT2D eigenvalue weighted by atomic mass is 35.5. The molecule has 35 heavy (non-hydrogen) atoms. The van der Waals surface area contributed by atoms with E-state index in [0.717, 1.165) is 5.56 Å². The van der Waals surface area contributed by atoms with Crippen LogP contribution >= 0.6 is 11.6 Å². The van der Waals surface area contributed by atoms with Crippen molar-refractivity contribution >= 4 is 39.9 Å². The highest BCUT2D eigenvalue weighted by Gasteiger charge is 2.18. The lowest BCUT2D eigenvalue weighted by molar-refractivity contribution is -0.116. The number of carbonyl (C=O) groups is 1. The number of aryl methyl sites for hydroxylation is 1. The van der Waals surface area contributed by atoms with E-state index in [4.69, 9.17) is 16.3 Å². The zero-order chi connectivity index (χ0) is 24.4. The van der Waals surface area contributed by atoms with Gasteiger partial charge in [0.05, 0.1) is 24.6 Å². The smallest absolute Gasteiger partial charge is 0.263 e. The molecule has 0 aliphatic heterocycles. The topological polar surface area (TPSA) is 90.5 Å². The van der Waals surface area contributed by atoms with Gasteiger partial charge in [-0.1, -0.05) is 41.9 Å². The van der Waals surface area contributed by atoms with Crippen molar-refractivity contribution < 1.29 is 9.53 Å². The van der Waals surface area contributed by atoms with Crippen molar-refractivity contribution in [3.63, 3.8) is 0 Å². The largest absolute Gasteiger partial charge is 0.497 e. The van der Waals surface area contributed by atoms with Gasteiger partial charge < -0.3 is 10.1 Å². The first kappa shape index (κ1) is 22.6. The quantitative estimate of drug-likeness (QED) is 0.369. The molecule has 0 unspecified atom stereocenters. The molecule has 0 fully saturated rings. The zero-order valence-electron chi connectivity index (χ0n) is 18.9. The van der Waals surface area contributed by atoms with Gasteiger partial charge in [-0.15, -0.1) is 10.2 Å². The van der Waals surface area contributed by atoms with E-state index in [1.54, 1.807) is 48.1 Å². The van der Waals surface area contributed by atoms with E-state index in [-0.39, 0.29) is 24.4 Å². The van der Waals surface area contributed by atoms with Gasteiger partial charge in [-0.3, -0.25) is 18.6 Å². The average Bonchev–Trinajstić information content (AvgIpc) is 3.31. The van der Waals surface area contributed by atoms with Crippen LogP contribution in [0.15, 0.2) is 77.6 Å². The molecule has 0 radical (unpaired) electrons. The molecule has 5 rings (SSSR count). The highest BCUT2D eigenvalue weighted by molar-refractivity contribution is 6.31. The molecular formula is C26H22ClN5O3. The minimum atomic E-state index is -0.177. The van der Waals surface area contributed by atoms with Crippen LogP contribution in [0.25, 0.3) is 16.7 Å². The van der Waals surface area contributed by atoms with Gasteiger partial charge >= 0.3 is 0 Å². The molecule has 3 aromatic carbocycles. The lowest BCUT2D eigenvalue weighted by Crippen LogP contribution is -2.24. The molecule has 5 aromatic rings. The number of aromatic nitrogens is 4. The van der Waals surface area contributed by atoms with Gasteiger partial charge in [-0.05, 0) is 48.0 Å². The normalized spacial score (nSPS) is 11.1. The molecule has 0 bridgehead atoms. The van der Waals surface area contributed by atoms with Crippen molar-refractivity contribution in [2.45, 2.75) is 19.4 Å². The highest BCUT2D eigenvalue weighted by Crippen LogP contribution is 2.20. The molecule has 1 N–H and O–H groups in total. The number of hydrogen-bond acceptors (Lipinski definition) is 5. The molecule has 2 heterocycles. The SMILES string of the molecule is COc1ccc(NC(=O)CCc2nnc3n(Cc4ccccc4Cl)c(=O)c4ccccc4n23)cc1. The van der Waals surface area contributed by atoms with E-state index in [1.807, 2.05) is 40.8 Å². The predicted molar refractivity (Wildman–Crippen MR) is 135 cm³/mol. The van der Waals surface area contributed by atoms with E-state index in [0.29, 0.717) is 45.4 Å². The molecule has 0 atom stereocenters. The van der Waals surface area contributed by atoms with E-state index < -0.39 is 0 Å². The van der Waals surface area contributed by atoms with Crippen molar-refractivity contribution in [1.82, 2.24) is 19.2 Å². The number of benzene rings is 3. The lowest BCUT2D eigenvalue weighted by Gasteiger charge is -2.12. The number of hydrogen-bond donors (Lipinski definition) is 1. The van der Waals surface area contributed by atoms with Gasteiger partial charge in [-0.25, -0.2) is 0 Å². The molecule has 0 aliphatic carbocycles. The number of methoxy groups -OCH3 is 1. The van der Waals surface area contributed by atoms with E-state index in [1.165, 1.54) is 0 Å². The van der Waals surface area contributed by atoms with Crippen LogP contribution in [0.5, 0.6) is 5.75 Å². The Bertz CT molecular complexity index is 1590. The Hall–Kier alpha value is -4.17. The Morgan fingerprint density at radius 2 is 1.74 bits per heavy atom. The second-order valence-electron chi connectivity index (χ2n) is 8.03. The van der Waals surface area contributed by atoms with Crippen molar-refractivity contribution in [2.24, 2.45) is 0 Å². The first-order valence-electron chi connectivity index (χ1n) is 11.1. The number of nitrogens with zero attached hydrogens (tertiary/aromatic N) is 4. The van der Waals surface area contributed by atoms with Crippen LogP contribution in [0, 0.1) is 0 Å². The molecule has 0 aliphatic rings. The summed E-state index contributed by atoms with van der Waals surface area (Å²) in [4.78, 5) is 25.9. The maximum Gasteiger partial charge on any atom is 0.263 e. The fourth-order valence-corrected chi connectivity index (χ4v) is 4.23. The maximum absolute atomic E-state index is 13.3. The third-order valence-corrected chi connectivity index (χ3v) is 6.18. The van der Waals surface area contributed by atoms with Gasteiger partial charge in [0.2, 0.25) is 11.7 Å². The molecule has 9 heteroatoms. The summed E-state index contributed by atoms with van der Waals surface area (Å²) in [7, 11) is 1.59. The van der Waals surface area contributed by atoms with Gasteiger partial charge in [0.25, 0.3) is 5.56 Å². The first-order valence-corrected chi connectivity index (χ1v) is 11.5. The van der Waals surface area contributed by atoms with E-state index in [9.17, 15) is 9.59 Å². The minimum absolute atomic E-state index is 0.152. The second kappa shape index (κ2) is 9.60. The van der Waals surface area contributed by atoms with Gasteiger partial charge in [0.1, 0.15) is 11.6 Å². The molecule has 0 saturated heterocycles. The van der Waals surface area contributed by atoms with E-state index >= 15 is 0 Å². The maximum atomic E-state index is 13.3. The summed E-state index contributed by atoms with van der Waals surface area (Å²) >= 11 is 6.36. The average molecular weight is 488 g/mol. The van der Waals surface area contributed by atoms with Crippen LogP contribution < -0.4 is 15.6 Å². The number of halogens is 1. The number of anilines is 1. The Morgan fingerprint density at radius 1 is 1.00 bits per heavy atom. The van der Waals surface area contributed by atoms with Gasteiger partial charge in [0, 0.05) is 23.6 Å². The molecule has 176 valence electrons. The fourth-order valence-electron chi connectivity index (χ4n) is 4.04. The molecule has 0 saturated carbocycles. The summed E-state index contributed by atoms with van der Waals surface area (Å²) < 4.78 is 8.55. The van der Waals surface area contributed by atoms with Crippen molar-refractivity contribution in [3.05, 3.63) is 99.6 Å². The first-order chi connectivity index (χ1) is 17.0. The molecule has 1 amide bonds. The summed E-state index contributed by atoms with van der Waals surface area (Å²) in [5, 5.41) is 12.6. The Morgan fingerprint density at radius 3 is 2.51 bits per heavy atom. The van der Waals surface area contributed by atoms with Gasteiger partial charge in [0.15, 0.2) is 0 Å². The van der Waals surface area contributed by atoms with Crippen molar-refractivity contribution in [1.29, 1.82) is 0 Å². The summed E-state index contributed by atoms with van der Waals surface area (Å²) in [5.74, 6) is 1.56. The zero-order valence-corrected chi connectivity index (χ0v) is 19.7. The van der Waals surface area contributed by atoms with Gasteiger partial charge in [-0.2, -0.15) is 0 Å². The summed E-state index contributed by atoms with van der Waals surface area (Å²) in [6.45, 7) is 0.253. The Labute approximate surface area is 205 Å². The fraction of sp³-hybridized carbons (Fsp3) is 0.154. The van der Waals surface area contributed by atoms with Crippen molar-refractivity contribution in [2.75, 3.05) is 12.4 Å². The summed E-state index contributed by atoms with van der Waals surface area (Å²) in [6, 6.07) is 21.8. The van der Waals surface area contributed by atoms with E-state index in [2.05, 4.69) is 15.5 Å². The number of carbonyl (C=O) groups excluding carboxylic acids is 1. The van der Waals surface area contributed by atoms with Crippen LogP contribution in [0.1, 0.15) is 17.8 Å². The predicted octanol–water partition coefficient (Wildman–Crippen LogP) is 4.33. The van der Waals surface area contributed by atoms with Crippen LogP contribution in [0.4, 0.5) is 5.69 Å². The molecular weight excluding hydrogens is 466 g/mol. The van der Waals surface area contributed by atoms with Crippen LogP contribution in [0.2, 0.25) is 5.02 Å². The number of amides is 1. The molecule has 0 spiro atoms. The number of nitrogens with one attached hydrogen (secondary N) is 1. The Kier molecular flexibility index (Phi) is 6.20. The third kappa shape index (κ3) is 4.48. The monoisotopic (exact) mass is 487 g/mol. The Balaban J connectivity index is 1.47. The lowest BCUT2D eigenvalue weighted by atomic mass is 10.2. The van der Waals surface area contributed by atoms with Crippen molar-refractivity contribution in [3.8, 4) is 5.75 Å². The summed E-state index contributed by atoms with van der Waals surface area (Å²) in [5.41, 5.74) is 2.00. The van der Waals surface area contributed by atoms with Crippen LogP contribution in [0.3, 0.4) is 0 Å². The number of ether oxygens (including phenoxy) is 1. The summed E-state index contributed by atoms with van der Waals surface area (Å²) in [6.07, 6.45) is 0.544.